The molecule has 0 radical (unpaired) electrons. The Morgan fingerprint density at radius 3 is 2.54 bits per heavy atom. The maximum Gasteiger partial charge on any atom is 0.322 e. The van der Waals surface area contributed by atoms with Gasteiger partial charge in [-0.25, -0.2) is 4.79 Å². The van der Waals surface area contributed by atoms with E-state index < -0.39 is 0 Å². The number of hydrogen-bond acceptors (Lipinski definition) is 4. The number of carbonyl (C=O) groups is 1. The topological polar surface area (TPSA) is 61.8 Å². The van der Waals surface area contributed by atoms with Crippen LogP contribution in [0.2, 0.25) is 0 Å². The van der Waals surface area contributed by atoms with Crippen molar-refractivity contribution < 1.29 is 14.6 Å². The lowest BCUT2D eigenvalue weighted by Crippen LogP contribution is -2.36. The van der Waals surface area contributed by atoms with Gasteiger partial charge in [-0.15, -0.1) is 11.8 Å². The second kappa shape index (κ2) is 9.20. The van der Waals surface area contributed by atoms with Gasteiger partial charge in [-0.3, -0.25) is 0 Å². The molecule has 0 aliphatic rings. The Morgan fingerprint density at radius 2 is 1.92 bits per heavy atom. The molecule has 0 bridgehead atoms. The third-order valence-corrected chi connectivity index (χ3v) is 4.30. The van der Waals surface area contributed by atoms with Gasteiger partial charge in [-0.1, -0.05) is 18.2 Å². The van der Waals surface area contributed by atoms with E-state index in [4.69, 9.17) is 4.74 Å². The van der Waals surface area contributed by atoms with E-state index in [1.54, 1.807) is 23.8 Å². The Kier molecular flexibility index (Phi) is 6.96. The largest absolute Gasteiger partial charge is 0.496 e. The molecule has 0 aliphatic heterocycles. The number of para-hydroxylation sites is 1. The molecule has 2 amide bonds. The Balaban J connectivity index is 2.09. The molecular weight excluding hydrogens is 324 g/mol. The Bertz CT molecular complexity index is 662. The number of carbonyl (C=O) groups excluding carboxylic acids is 1. The summed E-state index contributed by atoms with van der Waals surface area (Å²) in [5.74, 6) is 0.720. The summed E-state index contributed by atoms with van der Waals surface area (Å²) in [5.41, 5.74) is 1.61. The lowest BCUT2D eigenvalue weighted by molar-refractivity contribution is 0.184. The summed E-state index contributed by atoms with van der Waals surface area (Å²) in [6.07, 6.45) is 2.00. The molecule has 128 valence electrons. The molecule has 24 heavy (non-hydrogen) atoms. The third-order valence-electron chi connectivity index (χ3n) is 3.55. The highest BCUT2D eigenvalue weighted by molar-refractivity contribution is 7.98. The Labute approximate surface area is 146 Å². The average Bonchev–Trinajstić information content (AvgIpc) is 2.62. The Hall–Kier alpha value is -2.18. The van der Waals surface area contributed by atoms with E-state index in [1.165, 1.54) is 0 Å². The van der Waals surface area contributed by atoms with Crippen molar-refractivity contribution in [3.63, 3.8) is 0 Å². The molecular formula is C18H22N2O3S. The predicted octanol–water partition coefficient (Wildman–Crippen LogP) is 3.44. The molecule has 0 aromatic heterocycles. The van der Waals surface area contributed by atoms with E-state index in [9.17, 15) is 9.90 Å². The molecule has 0 unspecified atom stereocenters. The number of anilines is 1. The van der Waals surface area contributed by atoms with Crippen LogP contribution in [-0.4, -0.2) is 42.6 Å². The molecule has 0 atom stereocenters. The fourth-order valence-corrected chi connectivity index (χ4v) is 2.70. The molecule has 5 nitrogen and oxygen atoms in total. The minimum atomic E-state index is -0.258. The van der Waals surface area contributed by atoms with Gasteiger partial charge < -0.3 is 20.1 Å². The monoisotopic (exact) mass is 346 g/mol. The van der Waals surface area contributed by atoms with E-state index in [1.807, 2.05) is 54.8 Å². The number of benzene rings is 2. The van der Waals surface area contributed by atoms with Gasteiger partial charge in [0.1, 0.15) is 5.75 Å². The van der Waals surface area contributed by atoms with Crippen LogP contribution in [0.3, 0.4) is 0 Å². The molecule has 2 aromatic carbocycles. The summed E-state index contributed by atoms with van der Waals surface area (Å²) >= 11 is 1.65. The van der Waals surface area contributed by atoms with Gasteiger partial charge >= 0.3 is 6.03 Å². The molecule has 2 rings (SSSR count). The van der Waals surface area contributed by atoms with Crippen molar-refractivity contribution in [2.45, 2.75) is 11.4 Å². The van der Waals surface area contributed by atoms with E-state index in [0.717, 1.165) is 21.9 Å². The molecule has 6 heteroatoms. The predicted molar refractivity (Wildman–Crippen MR) is 97.7 cm³/mol. The van der Waals surface area contributed by atoms with Gasteiger partial charge in [-0.05, 0) is 36.6 Å². The maximum atomic E-state index is 12.5. The van der Waals surface area contributed by atoms with Gasteiger partial charge in [0, 0.05) is 22.7 Å². The maximum absolute atomic E-state index is 12.5. The van der Waals surface area contributed by atoms with Crippen LogP contribution in [-0.2, 0) is 6.54 Å². The zero-order chi connectivity index (χ0) is 17.4. The second-order valence-electron chi connectivity index (χ2n) is 5.12. The molecule has 0 heterocycles. The normalized spacial score (nSPS) is 10.3. The average molecular weight is 346 g/mol. The molecule has 0 fully saturated rings. The van der Waals surface area contributed by atoms with Crippen molar-refractivity contribution in [2.24, 2.45) is 0 Å². The van der Waals surface area contributed by atoms with E-state index in [2.05, 4.69) is 5.32 Å². The van der Waals surface area contributed by atoms with Crippen LogP contribution in [0.5, 0.6) is 5.75 Å². The molecule has 0 spiro atoms. The van der Waals surface area contributed by atoms with Gasteiger partial charge in [0.05, 0.1) is 20.3 Å². The standard InChI is InChI=1S/C18H22N2O3S/c1-23-17-6-4-3-5-14(17)13-20(11-12-21)18(22)19-15-7-9-16(24-2)10-8-15/h3-10,21H,11-13H2,1-2H3,(H,19,22). The van der Waals surface area contributed by atoms with Crippen molar-refractivity contribution in [3.05, 3.63) is 54.1 Å². The fraction of sp³-hybridized carbons (Fsp3) is 0.278. The first-order valence-electron chi connectivity index (χ1n) is 7.60. The number of ether oxygens (including phenoxy) is 1. The van der Waals surface area contributed by atoms with Crippen LogP contribution >= 0.6 is 11.8 Å². The smallest absolute Gasteiger partial charge is 0.322 e. The first-order valence-corrected chi connectivity index (χ1v) is 8.83. The summed E-state index contributed by atoms with van der Waals surface area (Å²) in [7, 11) is 1.60. The van der Waals surface area contributed by atoms with Crippen molar-refractivity contribution in [1.29, 1.82) is 0 Å². The Morgan fingerprint density at radius 1 is 1.21 bits per heavy atom. The number of amides is 2. The highest BCUT2D eigenvalue weighted by Crippen LogP contribution is 2.21. The van der Waals surface area contributed by atoms with E-state index in [0.29, 0.717) is 6.54 Å². The van der Waals surface area contributed by atoms with Crippen LogP contribution in [0, 0.1) is 0 Å². The number of aliphatic hydroxyl groups is 1. The summed E-state index contributed by atoms with van der Waals surface area (Å²) in [6.45, 7) is 0.500. The van der Waals surface area contributed by atoms with Crippen LogP contribution in [0.4, 0.5) is 10.5 Å². The minimum absolute atomic E-state index is 0.103. The van der Waals surface area contributed by atoms with Crippen LogP contribution in [0.25, 0.3) is 0 Å². The van der Waals surface area contributed by atoms with Crippen molar-refractivity contribution in [1.82, 2.24) is 4.90 Å². The first kappa shape index (κ1) is 18.2. The zero-order valence-electron chi connectivity index (χ0n) is 13.9. The lowest BCUT2D eigenvalue weighted by Gasteiger charge is -2.23. The molecule has 0 aliphatic carbocycles. The van der Waals surface area contributed by atoms with Gasteiger partial charge in [0.2, 0.25) is 0 Å². The molecule has 0 saturated carbocycles. The highest BCUT2D eigenvalue weighted by atomic mass is 32.2. The third kappa shape index (κ3) is 4.91. The number of thioether (sulfide) groups is 1. The van der Waals surface area contributed by atoms with Crippen LogP contribution < -0.4 is 10.1 Å². The second-order valence-corrected chi connectivity index (χ2v) is 6.00. The highest BCUT2D eigenvalue weighted by Gasteiger charge is 2.15. The molecule has 0 saturated heterocycles. The lowest BCUT2D eigenvalue weighted by atomic mass is 10.2. The molecule has 2 aromatic rings. The number of methoxy groups -OCH3 is 1. The number of aliphatic hydroxyl groups excluding tert-OH is 1. The summed E-state index contributed by atoms with van der Waals surface area (Å²) in [4.78, 5) is 15.2. The van der Waals surface area contributed by atoms with Crippen LogP contribution in [0.1, 0.15) is 5.56 Å². The number of urea groups is 1. The van der Waals surface area contributed by atoms with Crippen molar-refractivity contribution in [2.75, 3.05) is 31.8 Å². The van der Waals surface area contributed by atoms with Gasteiger partial charge in [0.25, 0.3) is 0 Å². The van der Waals surface area contributed by atoms with Crippen molar-refractivity contribution in [3.8, 4) is 5.75 Å². The molecule has 2 N–H and O–H groups in total. The number of hydrogen-bond donors (Lipinski definition) is 2. The van der Waals surface area contributed by atoms with Gasteiger partial charge in [-0.2, -0.15) is 0 Å². The SMILES string of the molecule is COc1ccccc1CN(CCO)C(=O)Nc1ccc(SC)cc1. The minimum Gasteiger partial charge on any atom is -0.496 e. The summed E-state index contributed by atoms with van der Waals surface area (Å²) in [6, 6.07) is 14.9. The first-order chi connectivity index (χ1) is 11.7. The number of nitrogens with one attached hydrogen (secondary N) is 1. The summed E-state index contributed by atoms with van der Waals surface area (Å²) in [5, 5.41) is 12.1. The quantitative estimate of drug-likeness (QED) is 0.754. The van der Waals surface area contributed by atoms with E-state index >= 15 is 0 Å². The van der Waals surface area contributed by atoms with Crippen molar-refractivity contribution >= 4 is 23.5 Å². The summed E-state index contributed by atoms with van der Waals surface area (Å²) < 4.78 is 5.32. The number of nitrogens with zero attached hydrogens (tertiary/aromatic N) is 1. The fourth-order valence-electron chi connectivity index (χ4n) is 2.29. The zero-order valence-corrected chi connectivity index (χ0v) is 14.7. The number of rotatable bonds is 7. The van der Waals surface area contributed by atoms with Gasteiger partial charge in [0.15, 0.2) is 0 Å². The van der Waals surface area contributed by atoms with E-state index in [-0.39, 0.29) is 19.2 Å². The van der Waals surface area contributed by atoms with Crippen LogP contribution in [0.15, 0.2) is 53.4 Å².